The molecule has 0 aliphatic heterocycles. The number of pyridine rings is 2. The smallest absolute Gasteiger partial charge is 0.341 e. The maximum atomic E-state index is 13.6. The van der Waals surface area contributed by atoms with Crippen LogP contribution in [0.3, 0.4) is 0 Å². The first-order valence-electron chi connectivity index (χ1n) is 5.09. The topological polar surface area (TPSA) is 72.2 Å². The number of carboxylic acids is 1. The van der Waals surface area contributed by atoms with Crippen LogP contribution in [0.4, 0.5) is 4.39 Å². The molecule has 0 saturated carbocycles. The Labute approximate surface area is 101 Å². The van der Waals surface area contributed by atoms with Crippen molar-refractivity contribution in [1.82, 2.24) is 9.55 Å². The van der Waals surface area contributed by atoms with Gasteiger partial charge in [-0.2, -0.15) is 0 Å². The third kappa shape index (κ3) is 1.88. The van der Waals surface area contributed by atoms with Crippen molar-refractivity contribution in [2.75, 3.05) is 0 Å². The Bertz CT molecular complexity index is 665. The van der Waals surface area contributed by atoms with Crippen LogP contribution in [0.15, 0.2) is 35.3 Å². The highest BCUT2D eigenvalue weighted by atomic mass is 19.1. The zero-order valence-corrected chi connectivity index (χ0v) is 9.42. The summed E-state index contributed by atoms with van der Waals surface area (Å²) >= 11 is 0. The summed E-state index contributed by atoms with van der Waals surface area (Å²) in [4.78, 5) is 26.7. The van der Waals surface area contributed by atoms with E-state index in [1.165, 1.54) is 19.2 Å². The lowest BCUT2D eigenvalue weighted by Gasteiger charge is -2.10. The second-order valence-corrected chi connectivity index (χ2v) is 3.63. The van der Waals surface area contributed by atoms with Crippen molar-refractivity contribution < 1.29 is 14.3 Å². The number of carbonyl (C=O) groups is 1. The van der Waals surface area contributed by atoms with Gasteiger partial charge in [-0.1, -0.05) is 6.07 Å². The molecule has 0 unspecified atom stereocenters. The molecule has 2 rings (SSSR count). The number of nitrogens with zero attached hydrogens (tertiary/aromatic N) is 2. The molecule has 0 bridgehead atoms. The van der Waals surface area contributed by atoms with E-state index in [2.05, 4.69) is 4.98 Å². The summed E-state index contributed by atoms with van der Waals surface area (Å²) in [5.41, 5.74) is -1.41. The maximum absolute atomic E-state index is 13.6. The second-order valence-electron chi connectivity index (χ2n) is 3.63. The van der Waals surface area contributed by atoms with Crippen molar-refractivity contribution in [2.45, 2.75) is 6.92 Å². The van der Waals surface area contributed by atoms with Crippen LogP contribution in [0.25, 0.3) is 5.82 Å². The maximum Gasteiger partial charge on any atom is 0.341 e. The van der Waals surface area contributed by atoms with Crippen molar-refractivity contribution in [3.63, 3.8) is 0 Å². The summed E-state index contributed by atoms with van der Waals surface area (Å²) in [6, 6.07) is 5.49. The summed E-state index contributed by atoms with van der Waals surface area (Å²) in [6.07, 6.45) is 1.44. The lowest BCUT2D eigenvalue weighted by molar-refractivity contribution is 0.0694. The highest BCUT2D eigenvalue weighted by Crippen LogP contribution is 2.10. The van der Waals surface area contributed by atoms with Crippen molar-refractivity contribution in [3.05, 3.63) is 57.9 Å². The largest absolute Gasteiger partial charge is 0.477 e. The van der Waals surface area contributed by atoms with E-state index < -0.39 is 22.9 Å². The van der Waals surface area contributed by atoms with Crippen molar-refractivity contribution >= 4 is 5.97 Å². The van der Waals surface area contributed by atoms with E-state index in [-0.39, 0.29) is 11.5 Å². The number of hydrogen-bond acceptors (Lipinski definition) is 3. The Morgan fingerprint density at radius 2 is 2.17 bits per heavy atom. The molecular weight excluding hydrogens is 239 g/mol. The van der Waals surface area contributed by atoms with E-state index in [0.29, 0.717) is 0 Å². The molecule has 0 aromatic carbocycles. The highest BCUT2D eigenvalue weighted by molar-refractivity contribution is 5.87. The van der Waals surface area contributed by atoms with Crippen LogP contribution in [0, 0.1) is 12.7 Å². The van der Waals surface area contributed by atoms with E-state index in [1.54, 1.807) is 12.1 Å². The lowest BCUT2D eigenvalue weighted by Crippen LogP contribution is -2.28. The zero-order chi connectivity index (χ0) is 13.3. The van der Waals surface area contributed by atoms with Gasteiger partial charge >= 0.3 is 5.97 Å². The van der Waals surface area contributed by atoms with Crippen LogP contribution < -0.4 is 5.56 Å². The molecule has 0 atom stereocenters. The van der Waals surface area contributed by atoms with Gasteiger partial charge in [-0.05, 0) is 25.1 Å². The molecule has 0 aliphatic rings. The van der Waals surface area contributed by atoms with E-state index in [1.807, 2.05) is 0 Å². The van der Waals surface area contributed by atoms with Gasteiger partial charge in [0.1, 0.15) is 17.2 Å². The van der Waals surface area contributed by atoms with Gasteiger partial charge in [-0.25, -0.2) is 14.2 Å². The lowest BCUT2D eigenvalue weighted by atomic mass is 10.2. The summed E-state index contributed by atoms with van der Waals surface area (Å²) in [6.45, 7) is 1.39. The third-order valence-corrected chi connectivity index (χ3v) is 2.49. The first-order chi connectivity index (χ1) is 8.52. The van der Waals surface area contributed by atoms with E-state index in [4.69, 9.17) is 5.11 Å². The Balaban J connectivity index is 2.82. The molecule has 2 aromatic heterocycles. The second kappa shape index (κ2) is 4.40. The van der Waals surface area contributed by atoms with E-state index in [0.717, 1.165) is 10.6 Å². The van der Waals surface area contributed by atoms with Crippen LogP contribution in [0.1, 0.15) is 16.1 Å². The first kappa shape index (κ1) is 12.0. The molecule has 18 heavy (non-hydrogen) atoms. The molecule has 0 amide bonds. The Hall–Kier alpha value is -2.50. The molecule has 2 aromatic rings. The van der Waals surface area contributed by atoms with Crippen LogP contribution >= 0.6 is 0 Å². The van der Waals surface area contributed by atoms with Gasteiger partial charge in [-0.3, -0.25) is 9.36 Å². The Morgan fingerprint density at radius 3 is 2.72 bits per heavy atom. The number of aromatic nitrogens is 2. The zero-order valence-electron chi connectivity index (χ0n) is 9.42. The predicted octanol–water partition coefficient (Wildman–Crippen LogP) is 1.38. The number of rotatable bonds is 2. The molecule has 2 heterocycles. The summed E-state index contributed by atoms with van der Waals surface area (Å²) < 4.78 is 14.6. The first-order valence-corrected chi connectivity index (χ1v) is 5.09. The number of halogens is 1. The third-order valence-electron chi connectivity index (χ3n) is 2.49. The average Bonchev–Trinajstić information content (AvgIpc) is 2.35. The van der Waals surface area contributed by atoms with Crippen LogP contribution in [-0.2, 0) is 0 Å². The fourth-order valence-corrected chi connectivity index (χ4v) is 1.59. The molecule has 0 aliphatic carbocycles. The highest BCUT2D eigenvalue weighted by Gasteiger charge is 2.17. The van der Waals surface area contributed by atoms with Crippen LogP contribution in [0.5, 0.6) is 0 Å². The molecule has 0 radical (unpaired) electrons. The molecule has 0 saturated heterocycles. The molecule has 0 fully saturated rings. The summed E-state index contributed by atoms with van der Waals surface area (Å²) in [5, 5.41) is 8.85. The quantitative estimate of drug-likeness (QED) is 0.871. The van der Waals surface area contributed by atoms with Gasteiger partial charge in [0.2, 0.25) is 0 Å². The number of hydrogen-bond donors (Lipinski definition) is 1. The predicted molar refractivity (Wildman–Crippen MR) is 61.5 cm³/mol. The normalized spacial score (nSPS) is 10.3. The standard InChI is InChI=1S/C12H9FN2O3/c1-7-9(13)6-8(12(17)18)11(16)15(7)10-4-2-3-5-14-10/h2-6H,1H3,(H,17,18). The Kier molecular flexibility index (Phi) is 2.93. The fourth-order valence-electron chi connectivity index (χ4n) is 1.59. The van der Waals surface area contributed by atoms with Gasteiger partial charge in [-0.15, -0.1) is 0 Å². The summed E-state index contributed by atoms with van der Waals surface area (Å²) in [5.74, 6) is -2.05. The van der Waals surface area contributed by atoms with Gasteiger partial charge in [0.25, 0.3) is 5.56 Å². The molecule has 5 nitrogen and oxygen atoms in total. The van der Waals surface area contributed by atoms with Gasteiger partial charge in [0.15, 0.2) is 0 Å². The molecule has 0 spiro atoms. The number of carboxylic acid groups (broad SMARTS) is 1. The van der Waals surface area contributed by atoms with Gasteiger partial charge < -0.3 is 5.11 Å². The minimum Gasteiger partial charge on any atom is -0.477 e. The van der Waals surface area contributed by atoms with Crippen molar-refractivity contribution in [2.24, 2.45) is 0 Å². The van der Waals surface area contributed by atoms with Gasteiger partial charge in [0, 0.05) is 6.20 Å². The fraction of sp³-hybridized carbons (Fsp3) is 0.0833. The molecular formula is C12H9FN2O3. The van der Waals surface area contributed by atoms with E-state index >= 15 is 0 Å². The number of aromatic carboxylic acids is 1. The van der Waals surface area contributed by atoms with Crippen LogP contribution in [-0.4, -0.2) is 20.6 Å². The van der Waals surface area contributed by atoms with Gasteiger partial charge in [0.05, 0.1) is 5.69 Å². The SMILES string of the molecule is Cc1c(F)cc(C(=O)O)c(=O)n1-c1ccccn1. The van der Waals surface area contributed by atoms with Crippen molar-refractivity contribution in [1.29, 1.82) is 0 Å². The monoisotopic (exact) mass is 248 g/mol. The average molecular weight is 248 g/mol. The summed E-state index contributed by atoms with van der Waals surface area (Å²) in [7, 11) is 0. The Morgan fingerprint density at radius 1 is 1.44 bits per heavy atom. The minimum absolute atomic E-state index is 0.0173. The van der Waals surface area contributed by atoms with Crippen LogP contribution in [0.2, 0.25) is 0 Å². The molecule has 92 valence electrons. The van der Waals surface area contributed by atoms with E-state index in [9.17, 15) is 14.0 Å². The van der Waals surface area contributed by atoms with Crippen molar-refractivity contribution in [3.8, 4) is 5.82 Å². The minimum atomic E-state index is -1.47. The molecule has 1 N–H and O–H groups in total. The molecule has 6 heteroatoms.